The number of hydrogen-bond acceptors (Lipinski definition) is 6. The van der Waals surface area contributed by atoms with Gasteiger partial charge in [0, 0.05) is 41.6 Å². The highest BCUT2D eigenvalue weighted by atomic mass is 35.5. The molecular formula is C17H15ClO6. The fourth-order valence-electron chi connectivity index (χ4n) is 2.66. The van der Waals surface area contributed by atoms with Crippen molar-refractivity contribution in [1.29, 1.82) is 0 Å². The fraction of sp³-hybridized carbons (Fsp3) is 0.294. The van der Waals surface area contributed by atoms with Gasteiger partial charge in [-0.2, -0.15) is 4.89 Å². The van der Waals surface area contributed by atoms with Gasteiger partial charge in [-0.1, -0.05) is 11.6 Å². The van der Waals surface area contributed by atoms with Gasteiger partial charge in [0.25, 0.3) is 0 Å². The van der Waals surface area contributed by atoms with Crippen LogP contribution in [0.15, 0.2) is 18.2 Å². The smallest absolute Gasteiger partial charge is 0.308 e. The van der Waals surface area contributed by atoms with Crippen molar-refractivity contribution in [3.05, 3.63) is 28.8 Å². The van der Waals surface area contributed by atoms with Crippen LogP contribution in [-0.4, -0.2) is 18.0 Å². The molecule has 0 fully saturated rings. The summed E-state index contributed by atoms with van der Waals surface area (Å²) in [5.41, 5.74) is 0.593. The molecule has 0 amide bonds. The molecule has 0 aromatic heterocycles. The standard InChI is InChI=1S/C17H15ClO6/c1-8-6-14-15(21-9(2)19)13-7-11(18)4-5-12(13)16(22-10(3)20)17(14)24-23-8/h4-5,7-8H,6H2,1-3H3. The van der Waals surface area contributed by atoms with E-state index in [1.807, 2.05) is 6.92 Å². The molecule has 1 unspecified atom stereocenters. The third-order valence-corrected chi connectivity index (χ3v) is 3.74. The summed E-state index contributed by atoms with van der Waals surface area (Å²) in [4.78, 5) is 33.6. The van der Waals surface area contributed by atoms with Gasteiger partial charge in [0.05, 0.1) is 0 Å². The summed E-state index contributed by atoms with van der Waals surface area (Å²) in [5.74, 6) is -0.198. The molecule has 6 nitrogen and oxygen atoms in total. The third-order valence-electron chi connectivity index (χ3n) is 3.50. The van der Waals surface area contributed by atoms with E-state index in [1.54, 1.807) is 18.2 Å². The number of esters is 2. The second-order valence-electron chi connectivity index (χ2n) is 5.54. The first-order valence-electron chi connectivity index (χ1n) is 7.35. The molecule has 3 rings (SSSR count). The third kappa shape index (κ3) is 3.02. The first-order chi connectivity index (χ1) is 11.4. The van der Waals surface area contributed by atoms with E-state index in [0.29, 0.717) is 33.5 Å². The van der Waals surface area contributed by atoms with E-state index in [4.69, 9.17) is 30.8 Å². The molecule has 2 aromatic carbocycles. The molecule has 1 aliphatic rings. The van der Waals surface area contributed by atoms with Crippen LogP contribution < -0.4 is 14.4 Å². The number of carbonyl (C=O) groups excluding carboxylic acids is 2. The Bertz CT molecular complexity index is 845. The number of benzene rings is 2. The lowest BCUT2D eigenvalue weighted by Gasteiger charge is -2.26. The average molecular weight is 351 g/mol. The Morgan fingerprint density at radius 1 is 1.12 bits per heavy atom. The molecule has 0 radical (unpaired) electrons. The van der Waals surface area contributed by atoms with Gasteiger partial charge in [0.15, 0.2) is 5.75 Å². The number of hydrogen-bond donors (Lipinski definition) is 0. The SMILES string of the molecule is CC(=O)Oc1c2c(c(OC(C)=O)c3ccc(Cl)cc13)OOC(C)C2. The highest BCUT2D eigenvalue weighted by Crippen LogP contribution is 2.49. The number of carbonyl (C=O) groups is 2. The second-order valence-corrected chi connectivity index (χ2v) is 5.97. The predicted molar refractivity (Wildman–Crippen MR) is 86.5 cm³/mol. The Labute approximate surface area is 143 Å². The van der Waals surface area contributed by atoms with Crippen LogP contribution in [0.3, 0.4) is 0 Å². The lowest BCUT2D eigenvalue weighted by Crippen LogP contribution is -2.22. The largest absolute Gasteiger partial charge is 0.426 e. The minimum Gasteiger partial charge on any atom is -0.426 e. The maximum atomic E-state index is 11.6. The van der Waals surface area contributed by atoms with Crippen LogP contribution in [0.25, 0.3) is 10.8 Å². The maximum Gasteiger partial charge on any atom is 0.308 e. The number of halogens is 1. The minimum absolute atomic E-state index is 0.215. The highest BCUT2D eigenvalue weighted by molar-refractivity contribution is 6.31. The van der Waals surface area contributed by atoms with Gasteiger partial charge in [-0.25, -0.2) is 0 Å². The molecule has 126 valence electrons. The topological polar surface area (TPSA) is 71.1 Å². The van der Waals surface area contributed by atoms with Crippen molar-refractivity contribution in [1.82, 2.24) is 0 Å². The normalized spacial score (nSPS) is 16.2. The van der Waals surface area contributed by atoms with Crippen LogP contribution in [0.4, 0.5) is 0 Å². The molecule has 0 bridgehead atoms. The summed E-state index contributed by atoms with van der Waals surface area (Å²) in [5, 5.41) is 1.55. The van der Waals surface area contributed by atoms with Gasteiger partial charge in [-0.05, 0) is 25.1 Å². The van der Waals surface area contributed by atoms with Crippen molar-refractivity contribution in [2.24, 2.45) is 0 Å². The zero-order chi connectivity index (χ0) is 17.4. The van der Waals surface area contributed by atoms with Gasteiger partial charge in [0.2, 0.25) is 5.75 Å². The van der Waals surface area contributed by atoms with Gasteiger partial charge in [0.1, 0.15) is 11.9 Å². The first-order valence-corrected chi connectivity index (χ1v) is 7.73. The molecule has 0 aliphatic carbocycles. The lowest BCUT2D eigenvalue weighted by molar-refractivity contribution is -0.250. The predicted octanol–water partition coefficient (Wildman–Crippen LogP) is 3.60. The Balaban J connectivity index is 2.37. The molecule has 7 heteroatoms. The Hall–Kier alpha value is -2.31. The summed E-state index contributed by atoms with van der Waals surface area (Å²) in [7, 11) is 0. The van der Waals surface area contributed by atoms with Crippen molar-refractivity contribution in [3.63, 3.8) is 0 Å². The van der Waals surface area contributed by atoms with Crippen LogP contribution in [0, 0.1) is 0 Å². The van der Waals surface area contributed by atoms with E-state index in [1.165, 1.54) is 13.8 Å². The Kier molecular flexibility index (Phi) is 4.34. The quantitative estimate of drug-likeness (QED) is 0.468. The minimum atomic E-state index is -0.504. The first kappa shape index (κ1) is 16.5. The van der Waals surface area contributed by atoms with E-state index in [-0.39, 0.29) is 17.6 Å². The van der Waals surface area contributed by atoms with Gasteiger partial charge in [-0.3, -0.25) is 9.59 Å². The molecule has 1 atom stereocenters. The van der Waals surface area contributed by atoms with Crippen molar-refractivity contribution in [2.75, 3.05) is 0 Å². The molecule has 24 heavy (non-hydrogen) atoms. The summed E-state index contributed by atoms with van der Waals surface area (Å²) in [6, 6.07) is 4.97. The lowest BCUT2D eigenvalue weighted by atomic mass is 9.98. The van der Waals surface area contributed by atoms with Crippen molar-refractivity contribution in [2.45, 2.75) is 33.3 Å². The fourth-order valence-corrected chi connectivity index (χ4v) is 2.83. The zero-order valence-electron chi connectivity index (χ0n) is 13.3. The Morgan fingerprint density at radius 3 is 2.46 bits per heavy atom. The van der Waals surface area contributed by atoms with Crippen LogP contribution in [0.5, 0.6) is 17.2 Å². The maximum absolute atomic E-state index is 11.6. The molecule has 1 heterocycles. The second kappa shape index (κ2) is 6.30. The molecule has 0 spiro atoms. The number of ether oxygens (including phenoxy) is 2. The molecular weight excluding hydrogens is 336 g/mol. The van der Waals surface area contributed by atoms with Gasteiger partial charge >= 0.3 is 11.9 Å². The van der Waals surface area contributed by atoms with Crippen molar-refractivity contribution < 1.29 is 28.8 Å². The van der Waals surface area contributed by atoms with E-state index in [2.05, 4.69) is 0 Å². The average Bonchev–Trinajstić information content (AvgIpc) is 2.49. The van der Waals surface area contributed by atoms with Crippen molar-refractivity contribution >= 4 is 34.3 Å². The number of rotatable bonds is 2. The van der Waals surface area contributed by atoms with E-state index in [0.717, 1.165) is 0 Å². The monoisotopic (exact) mass is 350 g/mol. The highest BCUT2D eigenvalue weighted by Gasteiger charge is 2.30. The molecule has 0 saturated heterocycles. The van der Waals surface area contributed by atoms with E-state index in [9.17, 15) is 9.59 Å². The summed E-state index contributed by atoms with van der Waals surface area (Å²) in [6.45, 7) is 4.42. The molecule has 0 saturated carbocycles. The summed E-state index contributed by atoms with van der Waals surface area (Å²) < 4.78 is 10.7. The molecule has 0 N–H and O–H groups in total. The molecule has 1 aliphatic heterocycles. The van der Waals surface area contributed by atoms with Crippen LogP contribution >= 0.6 is 11.6 Å². The summed E-state index contributed by atoms with van der Waals surface area (Å²) >= 11 is 6.09. The zero-order valence-corrected chi connectivity index (χ0v) is 14.1. The number of fused-ring (bicyclic) bond motifs is 2. The Morgan fingerprint density at radius 2 is 1.79 bits per heavy atom. The van der Waals surface area contributed by atoms with Crippen LogP contribution in [-0.2, 0) is 20.9 Å². The summed E-state index contributed by atoms with van der Waals surface area (Å²) in [6.07, 6.45) is 0.169. The molecule has 2 aromatic rings. The van der Waals surface area contributed by atoms with Crippen LogP contribution in [0.1, 0.15) is 26.3 Å². The van der Waals surface area contributed by atoms with Gasteiger partial charge < -0.3 is 14.4 Å². The van der Waals surface area contributed by atoms with E-state index < -0.39 is 11.9 Å². The van der Waals surface area contributed by atoms with Crippen LogP contribution in [0.2, 0.25) is 5.02 Å². The van der Waals surface area contributed by atoms with Gasteiger partial charge in [-0.15, -0.1) is 0 Å². The van der Waals surface area contributed by atoms with Crippen molar-refractivity contribution in [3.8, 4) is 17.2 Å². The van der Waals surface area contributed by atoms with E-state index >= 15 is 0 Å².